The van der Waals surface area contributed by atoms with Gasteiger partial charge in [0.2, 0.25) is 0 Å². The molecule has 2 heterocycles. The van der Waals surface area contributed by atoms with E-state index in [-0.39, 0.29) is 18.9 Å². The van der Waals surface area contributed by atoms with E-state index in [2.05, 4.69) is 29.7 Å². The lowest BCUT2D eigenvalue weighted by atomic mass is 9.99. The molecule has 0 spiro atoms. The van der Waals surface area contributed by atoms with Crippen LogP contribution in [0.5, 0.6) is 0 Å². The number of carbonyl (C=O) groups excluding carboxylic acids is 1. The quantitative estimate of drug-likeness (QED) is 0.237. The van der Waals surface area contributed by atoms with Crippen LogP contribution in [0, 0.1) is 25.5 Å². The van der Waals surface area contributed by atoms with Crippen LogP contribution in [0.15, 0.2) is 67.0 Å². The van der Waals surface area contributed by atoms with E-state index in [1.165, 1.54) is 29.0 Å². The molecule has 2 aromatic carbocycles. The van der Waals surface area contributed by atoms with E-state index in [4.69, 9.17) is 0 Å². The number of aliphatic hydroxyl groups excluding tert-OH is 1. The number of nitrogens with zero attached hydrogens (tertiary/aromatic N) is 1. The highest BCUT2D eigenvalue weighted by atomic mass is 32.1. The lowest BCUT2D eigenvalue weighted by Crippen LogP contribution is -2.48. The van der Waals surface area contributed by atoms with Crippen LogP contribution in [0.4, 0.5) is 8.78 Å². The van der Waals surface area contributed by atoms with Crippen molar-refractivity contribution >= 4 is 17.2 Å². The molecule has 2 unspecified atom stereocenters. The summed E-state index contributed by atoms with van der Waals surface area (Å²) in [4.78, 5) is 14.6. The second-order valence-electron chi connectivity index (χ2n) is 9.49. The van der Waals surface area contributed by atoms with Gasteiger partial charge in [-0.15, -0.1) is 11.3 Å². The molecule has 0 aliphatic rings. The first kappa shape index (κ1) is 27.7. The van der Waals surface area contributed by atoms with Crippen molar-refractivity contribution in [3.05, 3.63) is 111 Å². The Hall–Kier alpha value is -3.33. The number of aliphatic hydroxyl groups is 1. The minimum absolute atomic E-state index is 0.0651. The minimum Gasteiger partial charge on any atom is -0.390 e. The molecule has 38 heavy (non-hydrogen) atoms. The minimum atomic E-state index is -1.00. The van der Waals surface area contributed by atoms with Crippen LogP contribution in [0.25, 0.3) is 5.00 Å². The number of aromatic nitrogens is 1. The van der Waals surface area contributed by atoms with Crippen molar-refractivity contribution in [3.63, 3.8) is 0 Å². The van der Waals surface area contributed by atoms with E-state index < -0.39 is 23.8 Å². The number of aryl methyl sites for hydroxylation is 2. The molecule has 2 atom stereocenters. The number of nitrogens with one attached hydrogen (secondary N) is 2. The molecule has 200 valence electrons. The van der Waals surface area contributed by atoms with Crippen molar-refractivity contribution < 1.29 is 18.7 Å². The van der Waals surface area contributed by atoms with E-state index in [9.17, 15) is 18.7 Å². The van der Waals surface area contributed by atoms with Gasteiger partial charge in [-0.2, -0.15) is 0 Å². The highest BCUT2D eigenvalue weighted by Crippen LogP contribution is 2.31. The van der Waals surface area contributed by atoms with Crippen molar-refractivity contribution in [1.82, 2.24) is 15.2 Å². The van der Waals surface area contributed by atoms with Crippen LogP contribution in [0.2, 0.25) is 0 Å². The number of hydrogen-bond donors (Lipinski definition) is 3. The van der Waals surface area contributed by atoms with Crippen molar-refractivity contribution in [3.8, 4) is 5.00 Å². The summed E-state index contributed by atoms with van der Waals surface area (Å²) in [6.07, 6.45) is 3.74. The Kier molecular flexibility index (Phi) is 9.09. The maximum Gasteiger partial charge on any atom is 0.254 e. The lowest BCUT2D eigenvalue weighted by molar-refractivity contribution is 0.0829. The number of carbonyl (C=O) groups is 1. The normalized spacial score (nSPS) is 12.9. The zero-order chi connectivity index (χ0) is 27.2. The highest BCUT2D eigenvalue weighted by molar-refractivity contribution is 7.15. The maximum atomic E-state index is 13.9. The molecule has 0 radical (unpaired) electrons. The van der Waals surface area contributed by atoms with E-state index in [0.717, 1.165) is 33.5 Å². The van der Waals surface area contributed by atoms with Crippen molar-refractivity contribution in [1.29, 1.82) is 0 Å². The van der Waals surface area contributed by atoms with Crippen LogP contribution in [-0.2, 0) is 19.4 Å². The first-order valence-corrected chi connectivity index (χ1v) is 13.5. The van der Waals surface area contributed by atoms with Gasteiger partial charge in [0, 0.05) is 36.4 Å². The molecule has 8 heteroatoms. The van der Waals surface area contributed by atoms with Crippen LogP contribution in [0.3, 0.4) is 0 Å². The average molecular weight is 538 g/mol. The largest absolute Gasteiger partial charge is 0.390 e. The second kappa shape index (κ2) is 12.5. The molecule has 1 amide bonds. The number of halogens is 2. The van der Waals surface area contributed by atoms with Gasteiger partial charge in [0.1, 0.15) is 16.6 Å². The molecule has 0 saturated heterocycles. The molecule has 0 aliphatic carbocycles. The standard InChI is InChI=1S/C30H33F2N3O2S/c1-4-21-8-7-9-22(12-21)17-33-18-27(36)26(15-23-13-24(31)16-25(32)14-23)34-29(37)28-19(2)20(3)38-30(28)35-10-5-6-11-35/h5-14,16,26-27,33,36H,4,15,17-18H2,1-3H3,(H,34,37). The number of amides is 1. The average Bonchev–Trinajstić information content (AvgIpc) is 3.51. The van der Waals surface area contributed by atoms with Crippen LogP contribution < -0.4 is 10.6 Å². The fraction of sp³-hybridized carbons (Fsp3) is 0.300. The summed E-state index contributed by atoms with van der Waals surface area (Å²) in [6.45, 7) is 6.68. The number of thiophene rings is 1. The van der Waals surface area contributed by atoms with Gasteiger partial charge in [0.25, 0.3) is 5.91 Å². The Morgan fingerprint density at radius 3 is 2.37 bits per heavy atom. The van der Waals surface area contributed by atoms with Gasteiger partial charge in [-0.1, -0.05) is 31.2 Å². The molecular formula is C30H33F2N3O2S. The summed E-state index contributed by atoms with van der Waals surface area (Å²) in [6, 6.07) is 14.4. The summed E-state index contributed by atoms with van der Waals surface area (Å²) in [7, 11) is 0. The molecule has 0 fully saturated rings. The van der Waals surface area contributed by atoms with E-state index in [1.54, 1.807) is 0 Å². The molecule has 0 bridgehead atoms. The van der Waals surface area contributed by atoms with Gasteiger partial charge in [-0.25, -0.2) is 8.78 Å². The molecule has 0 saturated carbocycles. The third kappa shape index (κ3) is 6.75. The number of hydrogen-bond acceptors (Lipinski definition) is 4. The Bertz CT molecular complexity index is 1360. The van der Waals surface area contributed by atoms with E-state index in [1.807, 2.05) is 55.1 Å². The van der Waals surface area contributed by atoms with E-state index in [0.29, 0.717) is 17.7 Å². The van der Waals surface area contributed by atoms with Gasteiger partial charge in [0.15, 0.2) is 0 Å². The van der Waals surface area contributed by atoms with Crippen LogP contribution in [0.1, 0.15) is 44.4 Å². The Labute approximate surface area is 226 Å². The Morgan fingerprint density at radius 1 is 1.00 bits per heavy atom. The topological polar surface area (TPSA) is 66.3 Å². The number of rotatable bonds is 11. The predicted molar refractivity (Wildman–Crippen MR) is 148 cm³/mol. The lowest BCUT2D eigenvalue weighted by Gasteiger charge is -2.25. The van der Waals surface area contributed by atoms with Crippen molar-refractivity contribution in [2.45, 2.75) is 52.3 Å². The molecule has 0 aliphatic heterocycles. The zero-order valence-electron chi connectivity index (χ0n) is 21.8. The van der Waals surface area contributed by atoms with Crippen molar-refractivity contribution in [2.75, 3.05) is 6.54 Å². The first-order chi connectivity index (χ1) is 18.2. The predicted octanol–water partition coefficient (Wildman–Crippen LogP) is 5.49. The van der Waals surface area contributed by atoms with Crippen molar-refractivity contribution in [2.24, 2.45) is 0 Å². The molecule has 2 aromatic heterocycles. The molecule has 4 aromatic rings. The summed E-state index contributed by atoms with van der Waals surface area (Å²) < 4.78 is 29.7. The summed E-state index contributed by atoms with van der Waals surface area (Å²) in [5.41, 5.74) is 4.05. The highest BCUT2D eigenvalue weighted by Gasteiger charge is 2.27. The third-order valence-electron chi connectivity index (χ3n) is 6.67. The SMILES string of the molecule is CCc1cccc(CNCC(O)C(Cc2cc(F)cc(F)c2)NC(=O)c2c(-n3cccc3)sc(C)c2C)c1. The van der Waals surface area contributed by atoms with Gasteiger partial charge < -0.3 is 20.3 Å². The fourth-order valence-corrected chi connectivity index (χ4v) is 5.62. The first-order valence-electron chi connectivity index (χ1n) is 12.7. The van der Waals surface area contributed by atoms with Crippen LogP contribution in [-0.4, -0.2) is 34.3 Å². The molecule has 3 N–H and O–H groups in total. The maximum absolute atomic E-state index is 13.9. The van der Waals surface area contributed by atoms with Gasteiger partial charge in [0.05, 0.1) is 17.7 Å². The summed E-state index contributed by atoms with van der Waals surface area (Å²) in [5.74, 6) is -1.74. The zero-order valence-corrected chi connectivity index (χ0v) is 22.6. The third-order valence-corrected chi connectivity index (χ3v) is 7.89. The van der Waals surface area contributed by atoms with Gasteiger partial charge >= 0.3 is 0 Å². The molecular weight excluding hydrogens is 504 g/mol. The smallest absolute Gasteiger partial charge is 0.254 e. The van der Waals surface area contributed by atoms with Gasteiger partial charge in [-0.3, -0.25) is 4.79 Å². The fourth-order valence-electron chi connectivity index (χ4n) is 4.50. The van der Waals surface area contributed by atoms with Crippen LogP contribution >= 0.6 is 11.3 Å². The van der Waals surface area contributed by atoms with Gasteiger partial charge in [-0.05, 0) is 73.2 Å². The monoisotopic (exact) mass is 537 g/mol. The molecule has 5 nitrogen and oxygen atoms in total. The molecule has 4 rings (SSSR count). The Balaban J connectivity index is 1.54. The second-order valence-corrected chi connectivity index (χ2v) is 10.7. The number of benzene rings is 2. The van der Waals surface area contributed by atoms with E-state index >= 15 is 0 Å². The summed E-state index contributed by atoms with van der Waals surface area (Å²) in [5, 5.41) is 18.1. The summed E-state index contributed by atoms with van der Waals surface area (Å²) >= 11 is 1.51. The Morgan fingerprint density at radius 2 is 1.68 bits per heavy atom.